The number of hydrogen-bond acceptors (Lipinski definition) is 4. The Balaban J connectivity index is 2.21. The third kappa shape index (κ3) is 6.11. The average Bonchev–Trinajstić information content (AvgIpc) is 2.57. The topological polar surface area (TPSA) is 78.1 Å². The molecule has 1 amide bonds. The third-order valence-electron chi connectivity index (χ3n) is 4.03. The van der Waals surface area contributed by atoms with E-state index in [1.807, 2.05) is 44.4 Å². The summed E-state index contributed by atoms with van der Waals surface area (Å²) < 4.78 is 0. The normalized spacial score (nSPS) is 12.4. The molecule has 1 heterocycles. The van der Waals surface area contributed by atoms with Crippen LogP contribution in [-0.2, 0) is 6.42 Å². The molecule has 6 nitrogen and oxygen atoms in total. The Kier molecular flexibility index (Phi) is 7.09. The van der Waals surface area contributed by atoms with E-state index in [4.69, 9.17) is 0 Å². The van der Waals surface area contributed by atoms with E-state index >= 15 is 0 Å². The Hall–Kier alpha value is -2.47. The van der Waals surface area contributed by atoms with Gasteiger partial charge in [0.25, 0.3) is 5.91 Å². The smallest absolute Gasteiger partial charge is 0.344 e. The first kappa shape index (κ1) is 19.8. The summed E-state index contributed by atoms with van der Waals surface area (Å²) in [4.78, 5) is 33.2. The van der Waals surface area contributed by atoms with Gasteiger partial charge in [-0.3, -0.25) is 4.79 Å². The lowest BCUT2D eigenvalue weighted by Gasteiger charge is -2.21. The Morgan fingerprint density at radius 2 is 1.92 bits per heavy atom. The number of rotatable bonds is 8. The first-order valence-corrected chi connectivity index (χ1v) is 8.96. The molecular formula is C20H28N4O2. The van der Waals surface area contributed by atoms with Crippen LogP contribution in [0.25, 0.3) is 0 Å². The fourth-order valence-corrected chi connectivity index (χ4v) is 2.80. The van der Waals surface area contributed by atoms with Gasteiger partial charge in [-0.05, 0) is 51.0 Å². The third-order valence-corrected chi connectivity index (χ3v) is 4.03. The zero-order valence-corrected chi connectivity index (χ0v) is 16.0. The molecule has 2 N–H and O–H groups in total. The SMILES string of the molecule is CC(C)Cc1cc(C(=O)N[C@@H](CCN(C)C)c2ccccc2)nc(=O)[nH]1. The van der Waals surface area contributed by atoms with E-state index in [0.29, 0.717) is 12.3 Å². The van der Waals surface area contributed by atoms with Crippen molar-refractivity contribution in [1.82, 2.24) is 20.2 Å². The number of nitrogens with one attached hydrogen (secondary N) is 2. The number of hydrogen-bond donors (Lipinski definition) is 2. The zero-order valence-electron chi connectivity index (χ0n) is 16.0. The fraction of sp³-hybridized carbons (Fsp3) is 0.450. The van der Waals surface area contributed by atoms with E-state index in [-0.39, 0.29) is 17.6 Å². The quantitative estimate of drug-likeness (QED) is 0.761. The second-order valence-electron chi connectivity index (χ2n) is 7.22. The van der Waals surface area contributed by atoms with Crippen LogP contribution in [0.3, 0.4) is 0 Å². The number of H-pyrrole nitrogens is 1. The van der Waals surface area contributed by atoms with Crippen molar-refractivity contribution in [2.24, 2.45) is 5.92 Å². The molecule has 1 atom stereocenters. The van der Waals surface area contributed by atoms with Crippen molar-refractivity contribution in [3.05, 3.63) is 63.8 Å². The Bertz CT molecular complexity index is 769. The summed E-state index contributed by atoms with van der Waals surface area (Å²) in [5.74, 6) is 0.0508. The van der Waals surface area contributed by atoms with Crippen molar-refractivity contribution in [2.45, 2.75) is 32.7 Å². The predicted molar refractivity (Wildman–Crippen MR) is 103 cm³/mol. The summed E-state index contributed by atoms with van der Waals surface area (Å²) >= 11 is 0. The van der Waals surface area contributed by atoms with Crippen LogP contribution in [0.2, 0.25) is 0 Å². The number of aromatic nitrogens is 2. The fourth-order valence-electron chi connectivity index (χ4n) is 2.80. The molecule has 0 unspecified atom stereocenters. The van der Waals surface area contributed by atoms with Crippen LogP contribution < -0.4 is 11.0 Å². The molecule has 26 heavy (non-hydrogen) atoms. The molecule has 0 fully saturated rings. The van der Waals surface area contributed by atoms with Crippen molar-refractivity contribution in [3.63, 3.8) is 0 Å². The maximum absolute atomic E-state index is 12.7. The molecule has 0 saturated heterocycles. The van der Waals surface area contributed by atoms with Gasteiger partial charge in [0.1, 0.15) is 5.69 Å². The molecule has 1 aromatic heterocycles. The highest BCUT2D eigenvalue weighted by Crippen LogP contribution is 2.17. The van der Waals surface area contributed by atoms with Crippen LogP contribution in [0.4, 0.5) is 0 Å². The number of carbonyl (C=O) groups excluding carboxylic acids is 1. The van der Waals surface area contributed by atoms with Gasteiger partial charge in [0, 0.05) is 5.69 Å². The molecule has 0 spiro atoms. The lowest BCUT2D eigenvalue weighted by Crippen LogP contribution is -2.33. The Morgan fingerprint density at radius 1 is 1.23 bits per heavy atom. The summed E-state index contributed by atoms with van der Waals surface area (Å²) in [7, 11) is 4.00. The van der Waals surface area contributed by atoms with E-state index in [1.54, 1.807) is 6.07 Å². The Morgan fingerprint density at radius 3 is 2.54 bits per heavy atom. The second kappa shape index (κ2) is 9.29. The van der Waals surface area contributed by atoms with Gasteiger partial charge in [-0.15, -0.1) is 0 Å². The van der Waals surface area contributed by atoms with Gasteiger partial charge in [-0.2, -0.15) is 4.98 Å². The van der Waals surface area contributed by atoms with E-state index in [9.17, 15) is 9.59 Å². The van der Waals surface area contributed by atoms with Crippen molar-refractivity contribution in [1.29, 1.82) is 0 Å². The number of amides is 1. The van der Waals surface area contributed by atoms with Gasteiger partial charge >= 0.3 is 5.69 Å². The van der Waals surface area contributed by atoms with E-state index in [0.717, 1.165) is 24.2 Å². The highest BCUT2D eigenvalue weighted by molar-refractivity contribution is 5.92. The van der Waals surface area contributed by atoms with Gasteiger partial charge in [0.05, 0.1) is 6.04 Å². The molecule has 0 radical (unpaired) electrons. The zero-order chi connectivity index (χ0) is 19.1. The van der Waals surface area contributed by atoms with Gasteiger partial charge in [-0.25, -0.2) is 4.79 Å². The minimum atomic E-state index is -0.488. The predicted octanol–water partition coefficient (Wildman–Crippen LogP) is 2.39. The molecular weight excluding hydrogens is 328 g/mol. The van der Waals surface area contributed by atoms with Crippen LogP contribution in [-0.4, -0.2) is 41.4 Å². The van der Waals surface area contributed by atoms with Crippen molar-refractivity contribution < 1.29 is 4.79 Å². The lowest BCUT2D eigenvalue weighted by atomic mass is 10.0. The Labute approximate surface area is 154 Å². The van der Waals surface area contributed by atoms with E-state index < -0.39 is 5.69 Å². The van der Waals surface area contributed by atoms with Crippen molar-refractivity contribution in [3.8, 4) is 0 Å². The average molecular weight is 356 g/mol. The molecule has 0 aliphatic rings. The van der Waals surface area contributed by atoms with Gasteiger partial charge < -0.3 is 15.2 Å². The van der Waals surface area contributed by atoms with Crippen LogP contribution in [0.1, 0.15) is 48.1 Å². The minimum absolute atomic E-state index is 0.138. The largest absolute Gasteiger partial charge is 0.345 e. The number of carbonyl (C=O) groups is 1. The molecule has 0 aliphatic heterocycles. The maximum atomic E-state index is 12.7. The van der Waals surface area contributed by atoms with Gasteiger partial charge in [0.15, 0.2) is 0 Å². The van der Waals surface area contributed by atoms with E-state index in [2.05, 4.69) is 34.0 Å². The first-order chi connectivity index (χ1) is 12.3. The standard InChI is InChI=1S/C20H28N4O2/c1-14(2)12-16-13-18(23-20(26)21-16)19(25)22-17(10-11-24(3)4)15-8-6-5-7-9-15/h5-9,13-14,17H,10-12H2,1-4H3,(H,22,25)(H,21,23,26)/t17-/m0/s1. The van der Waals surface area contributed by atoms with Gasteiger partial charge in [0.2, 0.25) is 0 Å². The lowest BCUT2D eigenvalue weighted by molar-refractivity contribution is 0.0927. The van der Waals surface area contributed by atoms with Crippen LogP contribution >= 0.6 is 0 Å². The molecule has 0 saturated carbocycles. The molecule has 2 aromatic rings. The van der Waals surface area contributed by atoms with Crippen LogP contribution in [0.5, 0.6) is 0 Å². The molecule has 1 aromatic carbocycles. The summed E-state index contributed by atoms with van der Waals surface area (Å²) in [5.41, 5.74) is 1.44. The number of benzene rings is 1. The van der Waals surface area contributed by atoms with Crippen molar-refractivity contribution in [2.75, 3.05) is 20.6 Å². The summed E-state index contributed by atoms with van der Waals surface area (Å²) in [6, 6.07) is 11.4. The summed E-state index contributed by atoms with van der Waals surface area (Å²) in [6.07, 6.45) is 1.46. The molecule has 2 rings (SSSR count). The second-order valence-corrected chi connectivity index (χ2v) is 7.22. The molecule has 140 valence electrons. The van der Waals surface area contributed by atoms with E-state index in [1.165, 1.54) is 0 Å². The summed E-state index contributed by atoms with van der Waals surface area (Å²) in [5, 5.41) is 3.03. The monoisotopic (exact) mass is 356 g/mol. The summed E-state index contributed by atoms with van der Waals surface area (Å²) in [6.45, 7) is 4.96. The number of aromatic amines is 1. The highest BCUT2D eigenvalue weighted by Gasteiger charge is 2.18. The molecule has 0 aliphatic carbocycles. The van der Waals surface area contributed by atoms with Gasteiger partial charge in [-0.1, -0.05) is 44.2 Å². The number of nitrogens with zero attached hydrogens (tertiary/aromatic N) is 2. The minimum Gasteiger partial charge on any atom is -0.344 e. The highest BCUT2D eigenvalue weighted by atomic mass is 16.2. The van der Waals surface area contributed by atoms with Crippen LogP contribution in [0, 0.1) is 5.92 Å². The maximum Gasteiger partial charge on any atom is 0.345 e. The first-order valence-electron chi connectivity index (χ1n) is 8.96. The van der Waals surface area contributed by atoms with Crippen molar-refractivity contribution >= 4 is 5.91 Å². The molecule has 0 bridgehead atoms. The molecule has 6 heteroatoms. The van der Waals surface area contributed by atoms with Crippen LogP contribution in [0.15, 0.2) is 41.2 Å².